The molecule has 0 aliphatic carbocycles. The van der Waals surface area contributed by atoms with Crippen LogP contribution in [0, 0.1) is 0 Å². The molecule has 0 unspecified atom stereocenters. The average molecular weight is 421 g/mol. The molecule has 0 fully saturated rings. The van der Waals surface area contributed by atoms with E-state index in [0.29, 0.717) is 29.6 Å². The maximum Gasteiger partial charge on any atom is 0.258 e. The highest BCUT2D eigenvalue weighted by atomic mass is 35.5. The van der Waals surface area contributed by atoms with Gasteiger partial charge < -0.3 is 24.8 Å². The number of methoxy groups -OCH3 is 2. The van der Waals surface area contributed by atoms with E-state index in [1.54, 1.807) is 20.3 Å². The lowest BCUT2D eigenvalue weighted by Crippen LogP contribution is -2.43. The van der Waals surface area contributed by atoms with Crippen molar-refractivity contribution in [3.05, 3.63) is 52.5 Å². The normalized spacial score (nSPS) is 11.1. The summed E-state index contributed by atoms with van der Waals surface area (Å²) >= 11 is 6.41. The molecule has 0 aromatic heterocycles. The third kappa shape index (κ3) is 7.48. The molecule has 2 aromatic carbocycles. The molecular formula is C22H29ClN2O4. The smallest absolute Gasteiger partial charge is 0.258 e. The number of ether oxygens (including phenoxy) is 3. The lowest BCUT2D eigenvalue weighted by atomic mass is 10.1. The van der Waals surface area contributed by atoms with E-state index in [0.717, 1.165) is 16.9 Å². The Hall–Kier alpha value is -2.44. The largest absolute Gasteiger partial charge is 0.497 e. The van der Waals surface area contributed by atoms with E-state index in [2.05, 4.69) is 10.6 Å². The molecule has 0 atom stereocenters. The van der Waals surface area contributed by atoms with Crippen LogP contribution in [0.1, 0.15) is 31.9 Å². The fraction of sp³-hybridized carbons (Fsp3) is 0.409. The van der Waals surface area contributed by atoms with E-state index in [1.807, 2.05) is 51.1 Å². The fourth-order valence-electron chi connectivity index (χ4n) is 2.67. The predicted octanol–water partition coefficient (Wildman–Crippen LogP) is 3.94. The first-order valence-electron chi connectivity index (χ1n) is 9.35. The zero-order valence-electron chi connectivity index (χ0n) is 17.6. The summed E-state index contributed by atoms with van der Waals surface area (Å²) in [5.74, 6) is 1.58. The van der Waals surface area contributed by atoms with Gasteiger partial charge in [-0.2, -0.15) is 0 Å². The minimum Gasteiger partial charge on any atom is -0.497 e. The number of hydrogen-bond donors (Lipinski definition) is 2. The molecule has 0 heterocycles. The molecule has 0 radical (unpaired) electrons. The Balaban J connectivity index is 1.96. The Kier molecular flexibility index (Phi) is 8.17. The standard InChI is InChI=1S/C22H29ClN2O4/c1-22(2,3)25-21(26)14-29-20-11-18(23)16(10-19(20)28-5)13-24-12-15-6-8-17(27-4)9-7-15/h6-11,24H,12-14H2,1-5H3,(H,25,26). The van der Waals surface area contributed by atoms with Crippen LogP contribution in [0.25, 0.3) is 0 Å². The van der Waals surface area contributed by atoms with Crippen molar-refractivity contribution in [1.29, 1.82) is 0 Å². The maximum atomic E-state index is 12.0. The number of carbonyl (C=O) groups is 1. The van der Waals surface area contributed by atoms with Gasteiger partial charge in [-0.3, -0.25) is 4.79 Å². The van der Waals surface area contributed by atoms with E-state index in [1.165, 1.54) is 0 Å². The van der Waals surface area contributed by atoms with E-state index in [9.17, 15) is 4.79 Å². The Labute approximate surface area is 177 Å². The minimum absolute atomic E-state index is 0.112. The van der Waals surface area contributed by atoms with Gasteiger partial charge in [-0.1, -0.05) is 23.7 Å². The number of carbonyl (C=O) groups excluding carboxylic acids is 1. The second kappa shape index (κ2) is 10.4. The van der Waals surface area contributed by atoms with Crippen LogP contribution in [-0.4, -0.2) is 32.3 Å². The Morgan fingerprint density at radius 1 is 1.00 bits per heavy atom. The molecule has 7 heteroatoms. The van der Waals surface area contributed by atoms with Gasteiger partial charge in [0, 0.05) is 29.7 Å². The molecule has 2 aromatic rings. The molecule has 29 heavy (non-hydrogen) atoms. The van der Waals surface area contributed by atoms with Gasteiger partial charge in [0.05, 0.1) is 14.2 Å². The van der Waals surface area contributed by atoms with Gasteiger partial charge in [0.25, 0.3) is 5.91 Å². The SMILES string of the molecule is COc1ccc(CNCc2cc(OC)c(OCC(=O)NC(C)(C)C)cc2Cl)cc1. The summed E-state index contributed by atoms with van der Waals surface area (Å²) in [6, 6.07) is 11.4. The van der Waals surface area contributed by atoms with Crippen molar-refractivity contribution < 1.29 is 19.0 Å². The lowest BCUT2D eigenvalue weighted by Gasteiger charge is -2.21. The average Bonchev–Trinajstić information content (AvgIpc) is 2.67. The molecule has 0 bridgehead atoms. The highest BCUT2D eigenvalue weighted by Gasteiger charge is 2.16. The minimum atomic E-state index is -0.318. The van der Waals surface area contributed by atoms with Crippen LogP contribution < -0.4 is 24.8 Å². The fourth-order valence-corrected chi connectivity index (χ4v) is 2.89. The van der Waals surface area contributed by atoms with Crippen LogP contribution in [0.3, 0.4) is 0 Å². The van der Waals surface area contributed by atoms with Crippen LogP contribution in [-0.2, 0) is 17.9 Å². The second-order valence-electron chi connectivity index (χ2n) is 7.63. The van der Waals surface area contributed by atoms with E-state index in [-0.39, 0.29) is 18.1 Å². The summed E-state index contributed by atoms with van der Waals surface area (Å²) < 4.78 is 16.2. The van der Waals surface area contributed by atoms with Crippen molar-refractivity contribution in [1.82, 2.24) is 10.6 Å². The van der Waals surface area contributed by atoms with Crippen LogP contribution >= 0.6 is 11.6 Å². The molecule has 0 aliphatic rings. The molecule has 0 spiro atoms. The van der Waals surface area contributed by atoms with Gasteiger partial charge in [-0.25, -0.2) is 0 Å². The van der Waals surface area contributed by atoms with Gasteiger partial charge >= 0.3 is 0 Å². The van der Waals surface area contributed by atoms with Crippen molar-refractivity contribution in [2.75, 3.05) is 20.8 Å². The van der Waals surface area contributed by atoms with Gasteiger partial charge in [-0.05, 0) is 50.1 Å². The highest BCUT2D eigenvalue weighted by Crippen LogP contribution is 2.33. The summed E-state index contributed by atoms with van der Waals surface area (Å²) in [5.41, 5.74) is 1.70. The summed E-state index contributed by atoms with van der Waals surface area (Å²) in [6.07, 6.45) is 0. The van der Waals surface area contributed by atoms with E-state index < -0.39 is 0 Å². The topological polar surface area (TPSA) is 68.8 Å². The Bertz CT molecular complexity index is 817. The zero-order chi connectivity index (χ0) is 21.4. The molecule has 1 amide bonds. The molecule has 2 rings (SSSR count). The molecule has 0 saturated carbocycles. The van der Waals surface area contributed by atoms with E-state index >= 15 is 0 Å². The summed E-state index contributed by atoms with van der Waals surface area (Å²) in [7, 11) is 3.20. The predicted molar refractivity (Wildman–Crippen MR) is 115 cm³/mol. The van der Waals surface area contributed by atoms with Gasteiger partial charge in [0.1, 0.15) is 5.75 Å². The van der Waals surface area contributed by atoms with Crippen LogP contribution in [0.4, 0.5) is 0 Å². The van der Waals surface area contributed by atoms with Gasteiger partial charge in [-0.15, -0.1) is 0 Å². The van der Waals surface area contributed by atoms with Gasteiger partial charge in [0.2, 0.25) is 0 Å². The summed E-state index contributed by atoms with van der Waals surface area (Å²) in [5, 5.41) is 6.75. The molecule has 0 saturated heterocycles. The number of benzene rings is 2. The molecule has 6 nitrogen and oxygen atoms in total. The third-order valence-corrected chi connectivity index (χ3v) is 4.36. The second-order valence-corrected chi connectivity index (χ2v) is 8.04. The number of rotatable bonds is 9. The molecular weight excluding hydrogens is 392 g/mol. The number of amides is 1. The van der Waals surface area contributed by atoms with Crippen LogP contribution in [0.2, 0.25) is 5.02 Å². The number of halogens is 1. The van der Waals surface area contributed by atoms with Crippen molar-refractivity contribution in [2.45, 2.75) is 39.4 Å². The summed E-state index contributed by atoms with van der Waals surface area (Å²) in [4.78, 5) is 12.0. The van der Waals surface area contributed by atoms with Gasteiger partial charge in [0.15, 0.2) is 18.1 Å². The zero-order valence-corrected chi connectivity index (χ0v) is 18.4. The maximum absolute atomic E-state index is 12.0. The molecule has 0 aliphatic heterocycles. The van der Waals surface area contributed by atoms with E-state index in [4.69, 9.17) is 25.8 Å². The summed E-state index contributed by atoms with van der Waals surface area (Å²) in [6.45, 7) is 6.88. The van der Waals surface area contributed by atoms with Crippen molar-refractivity contribution in [3.8, 4) is 17.2 Å². The van der Waals surface area contributed by atoms with Crippen molar-refractivity contribution in [2.24, 2.45) is 0 Å². The van der Waals surface area contributed by atoms with Crippen molar-refractivity contribution >= 4 is 17.5 Å². The number of nitrogens with one attached hydrogen (secondary N) is 2. The monoisotopic (exact) mass is 420 g/mol. The lowest BCUT2D eigenvalue weighted by molar-refractivity contribution is -0.124. The van der Waals surface area contributed by atoms with Crippen LogP contribution in [0.15, 0.2) is 36.4 Å². The first-order chi connectivity index (χ1) is 13.7. The first kappa shape index (κ1) is 22.8. The number of hydrogen-bond acceptors (Lipinski definition) is 5. The highest BCUT2D eigenvalue weighted by molar-refractivity contribution is 6.31. The Morgan fingerprint density at radius 2 is 1.69 bits per heavy atom. The molecule has 158 valence electrons. The molecule has 2 N–H and O–H groups in total. The van der Waals surface area contributed by atoms with Crippen molar-refractivity contribution in [3.63, 3.8) is 0 Å². The van der Waals surface area contributed by atoms with Crippen LogP contribution in [0.5, 0.6) is 17.2 Å². The third-order valence-electron chi connectivity index (χ3n) is 4.01. The first-order valence-corrected chi connectivity index (χ1v) is 9.73. The quantitative estimate of drug-likeness (QED) is 0.643. The Morgan fingerprint density at radius 3 is 2.28 bits per heavy atom.